The maximum atomic E-state index is 15.1. The van der Waals surface area contributed by atoms with E-state index >= 15 is 4.39 Å². The van der Waals surface area contributed by atoms with Crippen LogP contribution in [-0.2, 0) is 6.54 Å². The quantitative estimate of drug-likeness (QED) is 0.142. The van der Waals surface area contributed by atoms with Crippen LogP contribution < -0.4 is 9.47 Å². The number of carbonyl (C=O) groups excluding carboxylic acids is 1. The van der Waals surface area contributed by atoms with Gasteiger partial charge in [-0.3, -0.25) is 4.90 Å². The van der Waals surface area contributed by atoms with Gasteiger partial charge in [-0.05, 0) is 94.3 Å². The van der Waals surface area contributed by atoms with Gasteiger partial charge in [-0.15, -0.1) is 8.58 Å². The molecule has 3 aromatic rings. The molecule has 7 nitrogen and oxygen atoms in total. The summed E-state index contributed by atoms with van der Waals surface area (Å²) in [5, 5.41) is 20.1. The Balaban J connectivity index is 1.97. The predicted octanol–water partition coefficient (Wildman–Crippen LogP) is 6.14. The van der Waals surface area contributed by atoms with Gasteiger partial charge in [-0.25, -0.2) is 14.2 Å². The lowest BCUT2D eigenvalue weighted by Crippen LogP contribution is -2.36. The molecule has 0 bridgehead atoms. The highest BCUT2D eigenvalue weighted by Crippen LogP contribution is 2.33. The molecule has 0 radical (unpaired) electrons. The van der Waals surface area contributed by atoms with Gasteiger partial charge in [0.05, 0.1) is 31.1 Å². The number of nitrogens with zero attached hydrogens (tertiary/aromatic N) is 2. The summed E-state index contributed by atoms with van der Waals surface area (Å²) in [4.78, 5) is 19.7. The maximum Gasteiger partial charge on any atom is 0.343 e. The molecule has 3 atom stereocenters. The Kier molecular flexibility index (Phi) is 11.8. The topological polar surface area (TPSA) is 92.1 Å². The van der Waals surface area contributed by atoms with Gasteiger partial charge in [-0.1, -0.05) is 18.2 Å². The molecule has 0 spiro atoms. The number of aliphatic hydroxyl groups excluding tert-OH is 2. The number of aliphatic hydroxyl groups is 2. The lowest BCUT2D eigenvalue weighted by atomic mass is 9.93. The summed E-state index contributed by atoms with van der Waals surface area (Å²) in [5.41, 5.74) is 3.45. The largest absolute Gasteiger partial charge is 0.481 e. The van der Waals surface area contributed by atoms with Gasteiger partial charge in [-0.2, -0.15) is 0 Å². The zero-order valence-corrected chi connectivity index (χ0v) is 25.9. The van der Waals surface area contributed by atoms with Crippen molar-refractivity contribution >= 4 is 14.6 Å². The first-order chi connectivity index (χ1) is 19.4. The van der Waals surface area contributed by atoms with Crippen molar-refractivity contribution in [3.05, 3.63) is 76.7 Å². The van der Waals surface area contributed by atoms with E-state index in [1.807, 2.05) is 6.07 Å². The molecule has 9 heteroatoms. The average molecular weight is 585 g/mol. The summed E-state index contributed by atoms with van der Waals surface area (Å²) in [6.45, 7) is 12.4. The molecular formula is C32H42FN2O5P. The van der Waals surface area contributed by atoms with Gasteiger partial charge >= 0.3 is 5.97 Å². The van der Waals surface area contributed by atoms with Gasteiger partial charge in [0.1, 0.15) is 11.6 Å². The molecule has 222 valence electrons. The summed E-state index contributed by atoms with van der Waals surface area (Å²) in [5.74, 6) is -0.393. The summed E-state index contributed by atoms with van der Waals surface area (Å²) >= 11 is 0. The van der Waals surface area contributed by atoms with Gasteiger partial charge < -0.3 is 19.7 Å². The maximum absolute atomic E-state index is 15.1. The minimum atomic E-state index is -0.719. The molecule has 0 aliphatic heterocycles. The van der Waals surface area contributed by atoms with Crippen molar-refractivity contribution in [2.24, 2.45) is 0 Å². The van der Waals surface area contributed by atoms with E-state index in [1.54, 1.807) is 50.2 Å². The van der Waals surface area contributed by atoms with Crippen molar-refractivity contribution in [3.63, 3.8) is 0 Å². The first kappa shape index (κ1) is 32.6. The fraction of sp³-hybridized carbons (Fsp3) is 0.438. The van der Waals surface area contributed by atoms with Crippen molar-refractivity contribution in [2.75, 3.05) is 19.4 Å². The molecule has 0 fully saturated rings. The number of carbonyl (C=O) groups is 1. The van der Waals surface area contributed by atoms with Crippen LogP contribution in [0.3, 0.4) is 0 Å². The Hall–Kier alpha value is -2.90. The van der Waals surface area contributed by atoms with Gasteiger partial charge in [0.2, 0.25) is 5.88 Å². The Morgan fingerprint density at radius 3 is 2.37 bits per heavy atom. The SMILES string of the molecule is COc1cc(-c2cc(C)c(C(=O)Oc3cccc([C@H](O)CPCC(C)O)c3)cc2CN(C(C)C)C(C)C)c(F)cn1. The Morgan fingerprint density at radius 2 is 1.73 bits per heavy atom. The van der Waals surface area contributed by atoms with Crippen LogP contribution in [0.25, 0.3) is 11.1 Å². The molecule has 0 aliphatic carbocycles. The number of benzene rings is 2. The van der Waals surface area contributed by atoms with E-state index in [4.69, 9.17) is 9.47 Å². The van der Waals surface area contributed by atoms with Crippen LogP contribution in [0.4, 0.5) is 4.39 Å². The molecule has 41 heavy (non-hydrogen) atoms. The molecular weight excluding hydrogens is 542 g/mol. The van der Waals surface area contributed by atoms with E-state index in [0.717, 1.165) is 11.8 Å². The molecule has 1 aromatic heterocycles. The number of ether oxygens (including phenoxy) is 2. The summed E-state index contributed by atoms with van der Waals surface area (Å²) in [7, 11) is 1.90. The molecule has 2 aromatic carbocycles. The van der Waals surface area contributed by atoms with Crippen molar-refractivity contribution in [1.82, 2.24) is 9.88 Å². The molecule has 2 unspecified atom stereocenters. The third-order valence-electron chi connectivity index (χ3n) is 6.91. The van der Waals surface area contributed by atoms with E-state index in [1.165, 1.54) is 7.11 Å². The summed E-state index contributed by atoms with van der Waals surface area (Å²) in [6.07, 6.45) is 1.17. The fourth-order valence-electron chi connectivity index (χ4n) is 4.74. The van der Waals surface area contributed by atoms with Crippen LogP contribution in [0, 0.1) is 12.7 Å². The first-order valence-corrected chi connectivity index (χ1v) is 15.3. The monoisotopic (exact) mass is 584 g/mol. The number of pyridine rings is 1. The highest BCUT2D eigenvalue weighted by Gasteiger charge is 2.22. The summed E-state index contributed by atoms with van der Waals surface area (Å²) in [6, 6.07) is 12.5. The second-order valence-corrected chi connectivity index (χ2v) is 12.2. The van der Waals surface area contributed by atoms with Crippen LogP contribution in [0.15, 0.2) is 48.7 Å². The van der Waals surface area contributed by atoms with E-state index in [2.05, 4.69) is 37.6 Å². The number of esters is 1. The van der Waals surface area contributed by atoms with Crippen molar-refractivity contribution in [1.29, 1.82) is 0 Å². The van der Waals surface area contributed by atoms with Crippen molar-refractivity contribution in [3.8, 4) is 22.8 Å². The van der Waals surface area contributed by atoms with Crippen molar-refractivity contribution in [2.45, 2.75) is 72.4 Å². The van der Waals surface area contributed by atoms with Crippen LogP contribution in [0.5, 0.6) is 11.6 Å². The van der Waals surface area contributed by atoms with Gasteiger partial charge in [0.25, 0.3) is 0 Å². The smallest absolute Gasteiger partial charge is 0.343 e. The highest BCUT2D eigenvalue weighted by molar-refractivity contribution is 7.38. The van der Waals surface area contributed by atoms with Crippen molar-refractivity contribution < 1.29 is 28.9 Å². The lowest BCUT2D eigenvalue weighted by Gasteiger charge is -2.31. The molecule has 2 N–H and O–H groups in total. The van der Waals surface area contributed by atoms with E-state index in [-0.39, 0.29) is 12.1 Å². The number of rotatable bonds is 13. The molecule has 1 heterocycles. The van der Waals surface area contributed by atoms with Gasteiger partial charge in [0.15, 0.2) is 0 Å². The van der Waals surface area contributed by atoms with E-state index in [9.17, 15) is 15.0 Å². The van der Waals surface area contributed by atoms with Gasteiger partial charge in [0, 0.05) is 30.3 Å². The lowest BCUT2D eigenvalue weighted by molar-refractivity contribution is 0.0733. The minimum absolute atomic E-state index is 0.215. The number of hydrogen-bond acceptors (Lipinski definition) is 7. The highest BCUT2D eigenvalue weighted by atomic mass is 31.1. The second kappa shape index (κ2) is 14.8. The van der Waals surface area contributed by atoms with E-state index < -0.39 is 24.0 Å². The second-order valence-electron chi connectivity index (χ2n) is 10.9. The Morgan fingerprint density at radius 1 is 1.02 bits per heavy atom. The summed E-state index contributed by atoms with van der Waals surface area (Å²) < 4.78 is 26.1. The minimum Gasteiger partial charge on any atom is -0.481 e. The zero-order chi connectivity index (χ0) is 30.3. The van der Waals surface area contributed by atoms with Crippen LogP contribution in [0.2, 0.25) is 0 Å². The molecule has 0 amide bonds. The predicted molar refractivity (Wildman–Crippen MR) is 163 cm³/mol. The number of aromatic nitrogens is 1. The zero-order valence-electron chi connectivity index (χ0n) is 24.9. The molecule has 3 rings (SSSR count). The number of hydrogen-bond donors (Lipinski definition) is 2. The Labute approximate surface area is 244 Å². The fourth-order valence-corrected chi connectivity index (χ4v) is 5.84. The number of aryl methyl sites for hydroxylation is 1. The van der Waals surface area contributed by atoms with Crippen LogP contribution in [0.1, 0.15) is 67.8 Å². The standard InChI is InChI=1S/C32H42FN2O5P/c1-19(2)35(20(3)4)16-24-13-26(21(5)11-27(24)28-14-31(39-7)34-15-29(28)33)32(38)40-25-10-8-9-23(12-25)30(37)18-41-17-22(6)36/h8-15,19-20,22,30,36-37,41H,16-18H2,1-7H3/t22?,30-/m1/s1. The van der Waals surface area contributed by atoms with Crippen LogP contribution in [-0.4, -0.2) is 63.7 Å². The first-order valence-electron chi connectivity index (χ1n) is 13.9. The third-order valence-corrected chi connectivity index (χ3v) is 8.46. The molecule has 0 saturated carbocycles. The number of halogens is 1. The molecule has 0 saturated heterocycles. The Bertz CT molecular complexity index is 1320. The third kappa shape index (κ3) is 8.79. The number of methoxy groups -OCH3 is 1. The van der Waals surface area contributed by atoms with Crippen LogP contribution >= 0.6 is 8.58 Å². The van der Waals surface area contributed by atoms with E-state index in [0.29, 0.717) is 66.9 Å². The molecule has 0 aliphatic rings. The normalized spacial score (nSPS) is 13.4. The average Bonchev–Trinajstić information content (AvgIpc) is 2.91.